The molecule has 1 aliphatic rings. The molecule has 1 nitrogen and oxygen atoms in total. The molecule has 0 aromatic heterocycles. The highest BCUT2D eigenvalue weighted by Gasteiger charge is 2.20. The predicted octanol–water partition coefficient (Wildman–Crippen LogP) is 4.47. The van der Waals surface area contributed by atoms with Gasteiger partial charge in [0.2, 0.25) is 8.32 Å². The zero-order valence-electron chi connectivity index (χ0n) is 11.2. The maximum absolute atomic E-state index is 6.06. The second kappa shape index (κ2) is 3.99. The lowest BCUT2D eigenvalue weighted by Crippen LogP contribution is -2.29. The van der Waals surface area contributed by atoms with Crippen LogP contribution in [0, 0.1) is 0 Å². The average Bonchev–Trinajstić information content (AvgIpc) is 2.64. The Balaban J connectivity index is 1.98. The highest BCUT2D eigenvalue weighted by Crippen LogP contribution is 2.38. The third-order valence-electron chi connectivity index (χ3n) is 3.19. The maximum Gasteiger partial charge on any atom is 0.242 e. The van der Waals surface area contributed by atoms with Gasteiger partial charge in [0.1, 0.15) is 5.75 Å². The van der Waals surface area contributed by atoms with E-state index in [1.807, 2.05) is 0 Å². The maximum atomic E-state index is 6.06. The van der Waals surface area contributed by atoms with Crippen LogP contribution >= 0.6 is 0 Å². The van der Waals surface area contributed by atoms with Crippen LogP contribution in [0.5, 0.6) is 5.75 Å². The average molecular weight is 254 g/mol. The summed E-state index contributed by atoms with van der Waals surface area (Å²) in [6.07, 6.45) is 1.04. The third-order valence-corrected chi connectivity index (χ3v) is 4.04. The Kier molecular flexibility index (Phi) is 2.56. The van der Waals surface area contributed by atoms with Gasteiger partial charge in [-0.3, -0.25) is 0 Å². The van der Waals surface area contributed by atoms with E-state index in [0.29, 0.717) is 0 Å². The fourth-order valence-electron chi connectivity index (χ4n) is 2.54. The van der Waals surface area contributed by atoms with Crippen molar-refractivity contribution in [3.8, 4) is 16.9 Å². The monoisotopic (exact) mass is 254 g/mol. The smallest absolute Gasteiger partial charge is 0.242 e. The summed E-state index contributed by atoms with van der Waals surface area (Å²) < 4.78 is 6.06. The topological polar surface area (TPSA) is 9.23 Å². The quantitative estimate of drug-likeness (QED) is 0.613. The van der Waals surface area contributed by atoms with Gasteiger partial charge in [-0.1, -0.05) is 30.3 Å². The van der Waals surface area contributed by atoms with Crippen LogP contribution in [0.2, 0.25) is 19.6 Å². The molecule has 0 atom stereocenters. The van der Waals surface area contributed by atoms with Gasteiger partial charge in [-0.05, 0) is 60.4 Å². The lowest BCUT2D eigenvalue weighted by molar-refractivity contribution is 0.557. The van der Waals surface area contributed by atoms with Gasteiger partial charge in [0.05, 0.1) is 0 Å². The van der Waals surface area contributed by atoms with E-state index in [1.165, 1.54) is 22.3 Å². The van der Waals surface area contributed by atoms with Crippen molar-refractivity contribution in [1.82, 2.24) is 0 Å². The highest BCUT2D eigenvalue weighted by molar-refractivity contribution is 6.70. The molecular formula is C16H18OSi. The molecule has 2 aromatic carbocycles. The largest absolute Gasteiger partial charge is 0.544 e. The molecule has 0 saturated heterocycles. The molecule has 0 aliphatic heterocycles. The molecule has 1 aliphatic carbocycles. The van der Waals surface area contributed by atoms with Crippen molar-refractivity contribution >= 4 is 8.32 Å². The summed E-state index contributed by atoms with van der Waals surface area (Å²) in [5.41, 5.74) is 5.57. The minimum atomic E-state index is -1.51. The van der Waals surface area contributed by atoms with Crippen molar-refractivity contribution in [2.24, 2.45) is 0 Å². The zero-order chi connectivity index (χ0) is 12.8. The fraction of sp³-hybridized carbons (Fsp3) is 0.250. The first-order valence-electron chi connectivity index (χ1n) is 6.43. The predicted molar refractivity (Wildman–Crippen MR) is 78.7 cm³/mol. The summed E-state index contributed by atoms with van der Waals surface area (Å²) in [7, 11) is -1.51. The molecule has 0 unspecified atom stereocenters. The Labute approximate surface area is 110 Å². The molecule has 2 heteroatoms. The van der Waals surface area contributed by atoms with Crippen LogP contribution in [-0.2, 0) is 6.42 Å². The van der Waals surface area contributed by atoms with E-state index in [4.69, 9.17) is 4.43 Å². The van der Waals surface area contributed by atoms with Gasteiger partial charge in [0, 0.05) is 0 Å². The van der Waals surface area contributed by atoms with E-state index in [-0.39, 0.29) is 0 Å². The molecule has 0 radical (unpaired) electrons. The van der Waals surface area contributed by atoms with Gasteiger partial charge in [0.25, 0.3) is 0 Å². The first-order chi connectivity index (χ1) is 8.53. The van der Waals surface area contributed by atoms with Crippen molar-refractivity contribution in [3.05, 3.63) is 53.6 Å². The van der Waals surface area contributed by atoms with Crippen LogP contribution in [0.4, 0.5) is 0 Å². The van der Waals surface area contributed by atoms with Crippen LogP contribution in [0.1, 0.15) is 11.1 Å². The molecule has 0 N–H and O–H groups in total. The van der Waals surface area contributed by atoms with Gasteiger partial charge < -0.3 is 4.43 Å². The molecule has 0 saturated carbocycles. The summed E-state index contributed by atoms with van der Waals surface area (Å²) in [5.74, 6) is 1.03. The first-order valence-corrected chi connectivity index (χ1v) is 9.84. The molecular weight excluding hydrogens is 236 g/mol. The van der Waals surface area contributed by atoms with E-state index in [0.717, 1.165) is 12.2 Å². The van der Waals surface area contributed by atoms with Crippen molar-refractivity contribution in [2.45, 2.75) is 26.1 Å². The standard InChI is InChI=1S/C16H18OSi/c1-18(2,3)17-14-8-9-16-13(11-14)10-12-6-4-5-7-15(12)16/h4-9,11H,10H2,1-3H3. The molecule has 0 bridgehead atoms. The van der Waals surface area contributed by atoms with Crippen LogP contribution < -0.4 is 4.43 Å². The normalized spacial score (nSPS) is 13.1. The van der Waals surface area contributed by atoms with E-state index in [1.54, 1.807) is 0 Å². The van der Waals surface area contributed by atoms with Crippen molar-refractivity contribution in [3.63, 3.8) is 0 Å². The molecule has 92 valence electrons. The number of benzene rings is 2. The summed E-state index contributed by atoms with van der Waals surface area (Å²) >= 11 is 0. The van der Waals surface area contributed by atoms with Crippen LogP contribution in [0.15, 0.2) is 42.5 Å². The van der Waals surface area contributed by atoms with E-state index in [2.05, 4.69) is 62.1 Å². The fourth-order valence-corrected chi connectivity index (χ4v) is 3.37. The zero-order valence-corrected chi connectivity index (χ0v) is 12.2. The summed E-state index contributed by atoms with van der Waals surface area (Å²) in [5, 5.41) is 0. The van der Waals surface area contributed by atoms with E-state index in [9.17, 15) is 0 Å². The Morgan fingerprint density at radius 2 is 1.61 bits per heavy atom. The number of hydrogen-bond donors (Lipinski definition) is 0. The molecule has 0 amide bonds. The summed E-state index contributed by atoms with van der Waals surface area (Å²) in [6.45, 7) is 6.65. The van der Waals surface area contributed by atoms with E-state index < -0.39 is 8.32 Å². The molecule has 3 rings (SSSR count). The molecule has 0 heterocycles. The Hall–Kier alpha value is -1.54. The lowest BCUT2D eigenvalue weighted by Gasteiger charge is -2.19. The lowest BCUT2D eigenvalue weighted by atomic mass is 10.1. The first kappa shape index (κ1) is 11.5. The summed E-state index contributed by atoms with van der Waals surface area (Å²) in [4.78, 5) is 0. The highest BCUT2D eigenvalue weighted by atomic mass is 28.4. The van der Waals surface area contributed by atoms with Crippen LogP contribution in [0.3, 0.4) is 0 Å². The van der Waals surface area contributed by atoms with Gasteiger partial charge >= 0.3 is 0 Å². The van der Waals surface area contributed by atoms with Gasteiger partial charge in [-0.15, -0.1) is 0 Å². The van der Waals surface area contributed by atoms with Crippen LogP contribution in [0.25, 0.3) is 11.1 Å². The van der Waals surface area contributed by atoms with Crippen molar-refractivity contribution in [1.29, 1.82) is 0 Å². The number of rotatable bonds is 2. The minimum absolute atomic E-state index is 1.03. The minimum Gasteiger partial charge on any atom is -0.544 e. The molecule has 18 heavy (non-hydrogen) atoms. The Morgan fingerprint density at radius 3 is 2.39 bits per heavy atom. The van der Waals surface area contributed by atoms with E-state index >= 15 is 0 Å². The van der Waals surface area contributed by atoms with Crippen molar-refractivity contribution in [2.75, 3.05) is 0 Å². The molecule has 0 spiro atoms. The molecule has 0 fully saturated rings. The van der Waals surface area contributed by atoms with Gasteiger partial charge in [-0.25, -0.2) is 0 Å². The Bertz CT molecular complexity index is 596. The molecule has 2 aromatic rings. The van der Waals surface area contributed by atoms with Crippen molar-refractivity contribution < 1.29 is 4.43 Å². The SMILES string of the molecule is C[Si](C)(C)Oc1ccc2c(c1)Cc1ccccc1-2. The third kappa shape index (κ3) is 2.08. The second-order valence-electron chi connectivity index (χ2n) is 5.87. The number of hydrogen-bond acceptors (Lipinski definition) is 1. The second-order valence-corrected chi connectivity index (χ2v) is 10.3. The van der Waals surface area contributed by atoms with Gasteiger partial charge in [0.15, 0.2) is 0 Å². The van der Waals surface area contributed by atoms with Gasteiger partial charge in [-0.2, -0.15) is 0 Å². The Morgan fingerprint density at radius 1 is 0.889 bits per heavy atom. The number of fused-ring (bicyclic) bond motifs is 3. The van der Waals surface area contributed by atoms with Crippen LogP contribution in [-0.4, -0.2) is 8.32 Å². The summed E-state index contributed by atoms with van der Waals surface area (Å²) in [6, 6.07) is 15.2.